The topological polar surface area (TPSA) is 32.3 Å². The van der Waals surface area contributed by atoms with Crippen LogP contribution in [0.1, 0.15) is 12.5 Å². The maximum absolute atomic E-state index is 13.4. The average Bonchev–Trinajstić information content (AvgIpc) is 2.95. The predicted molar refractivity (Wildman–Crippen MR) is 93.4 cm³/mol. The van der Waals surface area contributed by atoms with E-state index in [9.17, 15) is 9.18 Å². The van der Waals surface area contributed by atoms with Crippen molar-refractivity contribution in [3.05, 3.63) is 53.8 Å². The molecular formula is C20H21FN2O. The first kappa shape index (κ1) is 15.3. The van der Waals surface area contributed by atoms with Crippen molar-refractivity contribution >= 4 is 11.6 Å². The number of hydrogen-bond acceptors (Lipinski definition) is 2. The first-order valence-electron chi connectivity index (χ1n) is 8.54. The number of nitrogens with one attached hydrogen (secondary N) is 1. The Balaban J connectivity index is 1.59. The maximum Gasteiger partial charge on any atom is 0.230 e. The molecule has 1 fully saturated rings. The lowest BCUT2D eigenvalue weighted by Gasteiger charge is -2.34. The number of anilines is 1. The third kappa shape index (κ3) is 2.61. The summed E-state index contributed by atoms with van der Waals surface area (Å²) in [6.07, 6.45) is 0.861. The van der Waals surface area contributed by atoms with Gasteiger partial charge in [-0.2, -0.15) is 0 Å². The summed E-state index contributed by atoms with van der Waals surface area (Å²) in [6, 6.07) is 12.7. The number of halogens is 1. The summed E-state index contributed by atoms with van der Waals surface area (Å²) in [4.78, 5) is 14.7. The van der Waals surface area contributed by atoms with Gasteiger partial charge in [0.1, 0.15) is 5.82 Å². The molecule has 2 aliphatic rings. The molecule has 2 heterocycles. The van der Waals surface area contributed by atoms with Crippen molar-refractivity contribution in [3.8, 4) is 11.1 Å². The molecule has 0 aromatic heterocycles. The van der Waals surface area contributed by atoms with Crippen LogP contribution in [0.4, 0.5) is 10.1 Å². The molecule has 124 valence electrons. The van der Waals surface area contributed by atoms with E-state index >= 15 is 0 Å². The van der Waals surface area contributed by atoms with Crippen molar-refractivity contribution in [2.24, 2.45) is 11.8 Å². The van der Waals surface area contributed by atoms with Gasteiger partial charge in [-0.3, -0.25) is 4.79 Å². The number of hydrogen-bond donors (Lipinski definition) is 1. The van der Waals surface area contributed by atoms with Gasteiger partial charge in [-0.15, -0.1) is 0 Å². The molecule has 1 amide bonds. The summed E-state index contributed by atoms with van der Waals surface area (Å²) in [5, 5.41) is 3.24. The number of carbonyl (C=O) groups is 1. The Morgan fingerprint density at radius 2 is 2.00 bits per heavy atom. The zero-order chi connectivity index (χ0) is 16.7. The van der Waals surface area contributed by atoms with Gasteiger partial charge >= 0.3 is 0 Å². The fourth-order valence-corrected chi connectivity index (χ4v) is 3.59. The minimum Gasteiger partial charge on any atom is -0.316 e. The number of fused-ring (bicyclic) bond motifs is 1. The smallest absolute Gasteiger partial charge is 0.230 e. The summed E-state index contributed by atoms with van der Waals surface area (Å²) in [7, 11) is 0. The van der Waals surface area contributed by atoms with Crippen molar-refractivity contribution < 1.29 is 9.18 Å². The highest BCUT2D eigenvalue weighted by Gasteiger charge is 2.34. The number of amides is 1. The van der Waals surface area contributed by atoms with Crippen LogP contribution in [0, 0.1) is 17.7 Å². The second kappa shape index (κ2) is 6.02. The Kier molecular flexibility index (Phi) is 3.85. The minimum absolute atomic E-state index is 0.0556. The third-order valence-corrected chi connectivity index (χ3v) is 5.31. The number of benzene rings is 2. The lowest BCUT2D eigenvalue weighted by atomic mass is 9.88. The van der Waals surface area contributed by atoms with Crippen LogP contribution >= 0.6 is 0 Å². The van der Waals surface area contributed by atoms with Crippen molar-refractivity contribution in [2.75, 3.05) is 24.5 Å². The molecule has 0 spiro atoms. The quantitative estimate of drug-likeness (QED) is 0.940. The summed E-state index contributed by atoms with van der Waals surface area (Å²) < 4.78 is 13.4. The van der Waals surface area contributed by atoms with Crippen LogP contribution in [0.3, 0.4) is 0 Å². The fourth-order valence-electron chi connectivity index (χ4n) is 3.59. The Labute approximate surface area is 141 Å². The molecule has 0 radical (unpaired) electrons. The van der Waals surface area contributed by atoms with E-state index in [2.05, 4.69) is 11.4 Å². The monoisotopic (exact) mass is 324 g/mol. The zero-order valence-electron chi connectivity index (χ0n) is 13.8. The van der Waals surface area contributed by atoms with Crippen molar-refractivity contribution in [3.63, 3.8) is 0 Å². The van der Waals surface area contributed by atoms with E-state index in [1.807, 2.05) is 30.0 Å². The lowest BCUT2D eigenvalue weighted by molar-refractivity contribution is -0.123. The van der Waals surface area contributed by atoms with E-state index < -0.39 is 0 Å². The van der Waals surface area contributed by atoms with E-state index in [1.165, 1.54) is 11.6 Å². The van der Waals surface area contributed by atoms with E-state index in [0.29, 0.717) is 5.92 Å². The number of nitrogens with zero attached hydrogens (tertiary/aromatic N) is 1. The lowest BCUT2D eigenvalue weighted by Crippen LogP contribution is -2.50. The first-order chi connectivity index (χ1) is 11.6. The van der Waals surface area contributed by atoms with E-state index in [0.717, 1.165) is 42.9 Å². The van der Waals surface area contributed by atoms with Gasteiger partial charge in [-0.05, 0) is 66.4 Å². The molecule has 0 aliphatic carbocycles. The summed E-state index contributed by atoms with van der Waals surface area (Å²) >= 11 is 0. The molecule has 1 atom stereocenters. The standard InChI is InChI=1S/C20H21FN2O/c1-13(17-11-22-12-17)20(24)23-8-7-16-9-15(5-6-19(16)23)14-3-2-4-18(21)10-14/h2-6,9-10,13,17,22H,7-8,11-12H2,1H3. The molecule has 4 rings (SSSR count). The molecule has 3 nitrogen and oxygen atoms in total. The van der Waals surface area contributed by atoms with Crippen molar-refractivity contribution in [1.82, 2.24) is 5.32 Å². The molecule has 1 N–H and O–H groups in total. The van der Waals surface area contributed by atoms with Gasteiger partial charge in [0.2, 0.25) is 5.91 Å². The van der Waals surface area contributed by atoms with Gasteiger partial charge < -0.3 is 10.2 Å². The third-order valence-electron chi connectivity index (χ3n) is 5.31. The van der Waals surface area contributed by atoms with Crippen LogP contribution in [-0.4, -0.2) is 25.5 Å². The van der Waals surface area contributed by atoms with Crippen LogP contribution in [0.2, 0.25) is 0 Å². The second-order valence-corrected chi connectivity index (χ2v) is 6.80. The molecule has 2 aromatic carbocycles. The highest BCUT2D eigenvalue weighted by atomic mass is 19.1. The normalized spacial score (nSPS) is 18.2. The molecule has 2 aliphatic heterocycles. The molecule has 1 saturated heterocycles. The molecule has 2 aromatic rings. The first-order valence-corrected chi connectivity index (χ1v) is 8.54. The maximum atomic E-state index is 13.4. The van der Waals surface area contributed by atoms with Crippen molar-refractivity contribution in [2.45, 2.75) is 13.3 Å². The molecule has 24 heavy (non-hydrogen) atoms. The zero-order valence-corrected chi connectivity index (χ0v) is 13.8. The largest absolute Gasteiger partial charge is 0.316 e. The summed E-state index contributed by atoms with van der Waals surface area (Å²) in [5.41, 5.74) is 4.05. The SMILES string of the molecule is CC(C(=O)N1CCc2cc(-c3cccc(F)c3)ccc21)C1CNC1. The van der Waals surface area contributed by atoms with Gasteiger partial charge in [0.15, 0.2) is 0 Å². The van der Waals surface area contributed by atoms with E-state index in [1.54, 1.807) is 12.1 Å². The van der Waals surface area contributed by atoms with Gasteiger partial charge in [-0.1, -0.05) is 25.1 Å². The fraction of sp³-hybridized carbons (Fsp3) is 0.350. The van der Waals surface area contributed by atoms with Crippen LogP contribution in [0.15, 0.2) is 42.5 Å². The molecule has 4 heteroatoms. The summed E-state index contributed by atoms with van der Waals surface area (Å²) in [6.45, 7) is 4.65. The van der Waals surface area contributed by atoms with Gasteiger partial charge in [0.05, 0.1) is 0 Å². The van der Waals surface area contributed by atoms with Gasteiger partial charge in [0.25, 0.3) is 0 Å². The Bertz CT molecular complexity index is 785. The predicted octanol–water partition coefficient (Wildman–Crippen LogP) is 3.24. The van der Waals surface area contributed by atoms with Crippen LogP contribution < -0.4 is 10.2 Å². The highest BCUT2D eigenvalue weighted by Crippen LogP contribution is 2.34. The van der Waals surface area contributed by atoms with Crippen LogP contribution in [0.5, 0.6) is 0 Å². The van der Waals surface area contributed by atoms with E-state index in [4.69, 9.17) is 0 Å². The summed E-state index contributed by atoms with van der Waals surface area (Å²) in [5.74, 6) is 0.500. The van der Waals surface area contributed by atoms with Gasteiger partial charge in [0, 0.05) is 18.2 Å². The number of rotatable bonds is 3. The van der Waals surface area contributed by atoms with Gasteiger partial charge in [-0.25, -0.2) is 4.39 Å². The average molecular weight is 324 g/mol. The van der Waals surface area contributed by atoms with Crippen LogP contribution in [0.25, 0.3) is 11.1 Å². The molecular weight excluding hydrogens is 303 g/mol. The minimum atomic E-state index is -0.229. The highest BCUT2D eigenvalue weighted by molar-refractivity contribution is 5.97. The Hall–Kier alpha value is -2.20. The molecule has 1 unspecified atom stereocenters. The molecule has 0 bridgehead atoms. The Morgan fingerprint density at radius 1 is 1.21 bits per heavy atom. The second-order valence-electron chi connectivity index (χ2n) is 6.80. The molecule has 0 saturated carbocycles. The number of carbonyl (C=O) groups excluding carboxylic acids is 1. The van der Waals surface area contributed by atoms with Crippen molar-refractivity contribution in [1.29, 1.82) is 0 Å². The van der Waals surface area contributed by atoms with E-state index in [-0.39, 0.29) is 17.6 Å². The van der Waals surface area contributed by atoms with Crippen LogP contribution in [-0.2, 0) is 11.2 Å². The Morgan fingerprint density at radius 3 is 2.71 bits per heavy atom.